The Kier molecular flexibility index (Phi) is 3.42. The molecule has 0 radical (unpaired) electrons. The Balaban J connectivity index is 1.66. The van der Waals surface area contributed by atoms with Gasteiger partial charge < -0.3 is 14.9 Å². The molecule has 102 valence electrons. The number of nitrogens with zero attached hydrogens (tertiary/aromatic N) is 2. The Morgan fingerprint density at radius 1 is 1.05 bits per heavy atom. The summed E-state index contributed by atoms with van der Waals surface area (Å²) < 4.78 is 0. The van der Waals surface area contributed by atoms with Gasteiger partial charge in [-0.1, -0.05) is 0 Å². The molecule has 3 rings (SSSR count). The van der Waals surface area contributed by atoms with Gasteiger partial charge in [0.1, 0.15) is 0 Å². The molecule has 1 N–H and O–H groups in total. The smallest absolute Gasteiger partial charge is 0.254 e. The van der Waals surface area contributed by atoms with Crippen molar-refractivity contribution in [2.45, 2.75) is 25.4 Å². The zero-order chi connectivity index (χ0) is 13.2. The maximum Gasteiger partial charge on any atom is 0.254 e. The third kappa shape index (κ3) is 2.59. The van der Waals surface area contributed by atoms with E-state index in [9.17, 15) is 9.90 Å². The number of rotatable bonds is 2. The number of piperidine rings is 1. The predicted octanol–water partition coefficient (Wildman–Crippen LogP) is 1.49. The number of hydrogen-bond donors (Lipinski definition) is 1. The minimum atomic E-state index is -0.337. The van der Waals surface area contributed by atoms with Crippen LogP contribution in [0.1, 0.15) is 29.6 Å². The van der Waals surface area contributed by atoms with Crippen LogP contribution in [0.4, 0.5) is 5.69 Å². The van der Waals surface area contributed by atoms with Crippen LogP contribution in [0.25, 0.3) is 0 Å². The first kappa shape index (κ1) is 12.5. The van der Waals surface area contributed by atoms with E-state index in [-0.39, 0.29) is 12.0 Å². The van der Waals surface area contributed by atoms with Crippen molar-refractivity contribution in [3.05, 3.63) is 29.8 Å². The van der Waals surface area contributed by atoms with Gasteiger partial charge in [0.15, 0.2) is 0 Å². The van der Waals surface area contributed by atoms with Crippen LogP contribution in [0.15, 0.2) is 24.3 Å². The van der Waals surface area contributed by atoms with Crippen molar-refractivity contribution >= 4 is 11.6 Å². The van der Waals surface area contributed by atoms with Crippen LogP contribution >= 0.6 is 0 Å². The highest BCUT2D eigenvalue weighted by molar-refractivity contribution is 5.95. The summed E-state index contributed by atoms with van der Waals surface area (Å²) in [6, 6.07) is 7.87. The number of anilines is 1. The van der Waals surface area contributed by atoms with E-state index < -0.39 is 0 Å². The maximum absolute atomic E-state index is 12.1. The van der Waals surface area contributed by atoms with E-state index in [1.54, 1.807) is 4.90 Å². The Hall–Kier alpha value is -1.55. The fourth-order valence-electron chi connectivity index (χ4n) is 2.77. The second kappa shape index (κ2) is 5.21. The highest BCUT2D eigenvalue weighted by Gasteiger charge is 2.29. The maximum atomic E-state index is 12.1. The summed E-state index contributed by atoms with van der Waals surface area (Å²) in [5.74, 6) is 0.0236. The molecule has 2 fully saturated rings. The standard InChI is InChI=1S/C15H20N2O2/c18-14-10-17(11-14)15(19)12-4-6-13(7-5-12)16-8-2-1-3-9-16/h4-7,14,18H,1-3,8-11H2. The first-order valence-corrected chi connectivity index (χ1v) is 7.06. The Morgan fingerprint density at radius 3 is 2.26 bits per heavy atom. The number of hydrogen-bond acceptors (Lipinski definition) is 3. The fraction of sp³-hybridized carbons (Fsp3) is 0.533. The van der Waals surface area contributed by atoms with Gasteiger partial charge in [-0.25, -0.2) is 0 Å². The van der Waals surface area contributed by atoms with Gasteiger partial charge in [-0.2, -0.15) is 0 Å². The zero-order valence-corrected chi connectivity index (χ0v) is 11.1. The Morgan fingerprint density at radius 2 is 1.68 bits per heavy atom. The number of carbonyl (C=O) groups excluding carboxylic acids is 1. The Labute approximate surface area is 113 Å². The average molecular weight is 260 g/mol. The van der Waals surface area contributed by atoms with Crippen LogP contribution in [-0.4, -0.2) is 48.2 Å². The van der Waals surface area contributed by atoms with Crippen molar-refractivity contribution in [1.29, 1.82) is 0 Å². The average Bonchev–Trinajstić information content (AvgIpc) is 2.44. The summed E-state index contributed by atoms with van der Waals surface area (Å²) in [6.07, 6.45) is 3.50. The molecule has 2 aliphatic rings. The minimum absolute atomic E-state index is 0.0236. The molecule has 0 spiro atoms. The molecule has 1 aromatic carbocycles. The van der Waals surface area contributed by atoms with Crippen LogP contribution in [-0.2, 0) is 0 Å². The molecule has 0 unspecified atom stereocenters. The molecule has 0 saturated carbocycles. The molecule has 2 aliphatic heterocycles. The molecule has 4 nitrogen and oxygen atoms in total. The van der Waals surface area contributed by atoms with Crippen molar-refractivity contribution in [3.8, 4) is 0 Å². The zero-order valence-electron chi connectivity index (χ0n) is 11.1. The van der Waals surface area contributed by atoms with E-state index >= 15 is 0 Å². The third-order valence-corrected chi connectivity index (χ3v) is 3.98. The van der Waals surface area contributed by atoms with Crippen LogP contribution in [0.5, 0.6) is 0 Å². The second-order valence-electron chi connectivity index (χ2n) is 5.46. The quantitative estimate of drug-likeness (QED) is 0.876. The van der Waals surface area contributed by atoms with Crippen LogP contribution in [0.3, 0.4) is 0 Å². The van der Waals surface area contributed by atoms with Gasteiger partial charge in [0.25, 0.3) is 5.91 Å². The van der Waals surface area contributed by atoms with Crippen LogP contribution in [0.2, 0.25) is 0 Å². The van der Waals surface area contributed by atoms with Crippen LogP contribution in [0, 0.1) is 0 Å². The highest BCUT2D eigenvalue weighted by Crippen LogP contribution is 2.21. The first-order valence-electron chi connectivity index (χ1n) is 7.06. The summed E-state index contributed by atoms with van der Waals surface area (Å²) in [5.41, 5.74) is 1.92. The van der Waals surface area contributed by atoms with E-state index in [1.807, 2.05) is 24.3 Å². The summed E-state index contributed by atoms with van der Waals surface area (Å²) in [6.45, 7) is 3.16. The highest BCUT2D eigenvalue weighted by atomic mass is 16.3. The van der Waals surface area contributed by atoms with Crippen molar-refractivity contribution < 1.29 is 9.90 Å². The lowest BCUT2D eigenvalue weighted by Gasteiger charge is -2.36. The summed E-state index contributed by atoms with van der Waals surface area (Å²) >= 11 is 0. The number of carbonyl (C=O) groups is 1. The number of β-amino-alcohol motifs (C(OH)–C–C–N with tert-alkyl or cyclic N) is 1. The minimum Gasteiger partial charge on any atom is -0.389 e. The number of amides is 1. The van der Waals surface area contributed by atoms with Gasteiger partial charge >= 0.3 is 0 Å². The summed E-state index contributed by atoms with van der Waals surface area (Å²) in [5, 5.41) is 9.23. The molecule has 2 heterocycles. The summed E-state index contributed by atoms with van der Waals surface area (Å²) in [7, 11) is 0. The van der Waals surface area contributed by atoms with Gasteiger partial charge in [0.05, 0.1) is 6.10 Å². The van der Waals surface area contributed by atoms with Crippen molar-refractivity contribution in [2.75, 3.05) is 31.1 Å². The van der Waals surface area contributed by atoms with Crippen LogP contribution < -0.4 is 4.90 Å². The SMILES string of the molecule is O=C(c1ccc(N2CCCCC2)cc1)N1CC(O)C1. The second-order valence-corrected chi connectivity index (χ2v) is 5.46. The molecule has 0 aliphatic carbocycles. The molecule has 1 aromatic rings. The molecule has 0 aromatic heterocycles. The first-order chi connectivity index (χ1) is 9.24. The van der Waals surface area contributed by atoms with Gasteiger partial charge in [-0.15, -0.1) is 0 Å². The van der Waals surface area contributed by atoms with E-state index in [1.165, 1.54) is 24.9 Å². The van der Waals surface area contributed by atoms with E-state index in [2.05, 4.69) is 4.90 Å². The van der Waals surface area contributed by atoms with Crippen molar-refractivity contribution in [1.82, 2.24) is 4.90 Å². The molecule has 0 atom stereocenters. The topological polar surface area (TPSA) is 43.8 Å². The lowest BCUT2D eigenvalue weighted by molar-refractivity contribution is 0.00589. The van der Waals surface area contributed by atoms with E-state index in [0.717, 1.165) is 13.1 Å². The van der Waals surface area contributed by atoms with Gasteiger partial charge in [-0.3, -0.25) is 4.79 Å². The number of aliphatic hydroxyl groups is 1. The lowest BCUT2D eigenvalue weighted by atomic mass is 10.1. The monoisotopic (exact) mass is 260 g/mol. The molecular weight excluding hydrogens is 240 g/mol. The van der Waals surface area contributed by atoms with E-state index in [4.69, 9.17) is 0 Å². The van der Waals surface area contributed by atoms with Gasteiger partial charge in [0, 0.05) is 37.4 Å². The third-order valence-electron chi connectivity index (χ3n) is 3.98. The Bertz CT molecular complexity index is 446. The number of aliphatic hydroxyl groups excluding tert-OH is 1. The molecule has 4 heteroatoms. The number of benzene rings is 1. The largest absolute Gasteiger partial charge is 0.389 e. The molecular formula is C15H20N2O2. The molecule has 2 saturated heterocycles. The normalized spacial score (nSPS) is 20.3. The lowest BCUT2D eigenvalue weighted by Crippen LogP contribution is -2.53. The van der Waals surface area contributed by atoms with E-state index in [0.29, 0.717) is 18.7 Å². The molecule has 0 bridgehead atoms. The molecule has 1 amide bonds. The number of likely N-dealkylation sites (tertiary alicyclic amines) is 1. The van der Waals surface area contributed by atoms with Gasteiger partial charge in [-0.05, 0) is 43.5 Å². The van der Waals surface area contributed by atoms with Crippen molar-refractivity contribution in [3.63, 3.8) is 0 Å². The predicted molar refractivity (Wildman–Crippen MR) is 74.4 cm³/mol. The van der Waals surface area contributed by atoms with Crippen molar-refractivity contribution in [2.24, 2.45) is 0 Å². The molecule has 19 heavy (non-hydrogen) atoms. The fourth-order valence-corrected chi connectivity index (χ4v) is 2.77. The summed E-state index contributed by atoms with van der Waals surface area (Å²) in [4.78, 5) is 16.1. The van der Waals surface area contributed by atoms with Gasteiger partial charge in [0.2, 0.25) is 0 Å².